The Morgan fingerprint density at radius 3 is 2.67 bits per heavy atom. The van der Waals surface area contributed by atoms with Gasteiger partial charge in [0.15, 0.2) is 0 Å². The van der Waals surface area contributed by atoms with Gasteiger partial charge in [-0.05, 0) is 32.4 Å². The van der Waals surface area contributed by atoms with Gasteiger partial charge in [0.25, 0.3) is 0 Å². The molecule has 4 nitrogen and oxygen atoms in total. The summed E-state index contributed by atoms with van der Waals surface area (Å²) in [7, 11) is 2.02. The van der Waals surface area contributed by atoms with Crippen LogP contribution in [0.5, 0.6) is 0 Å². The molecule has 0 bridgehead atoms. The average molecular weight is 305 g/mol. The molecular formula is C16H21ClN4. The van der Waals surface area contributed by atoms with E-state index in [-0.39, 0.29) is 6.04 Å². The van der Waals surface area contributed by atoms with Crippen molar-refractivity contribution in [3.63, 3.8) is 0 Å². The molecule has 1 heterocycles. The number of nitrogens with zero attached hydrogens (tertiary/aromatic N) is 3. The molecule has 0 spiro atoms. The van der Waals surface area contributed by atoms with Crippen molar-refractivity contribution in [3.8, 4) is 0 Å². The molecule has 2 aromatic rings. The lowest BCUT2D eigenvalue weighted by molar-refractivity contribution is 0.725. The molecule has 0 saturated heterocycles. The van der Waals surface area contributed by atoms with E-state index in [2.05, 4.69) is 27.1 Å². The predicted octanol–water partition coefficient (Wildman–Crippen LogP) is 4.07. The van der Waals surface area contributed by atoms with Gasteiger partial charge in [-0.1, -0.05) is 29.8 Å². The van der Waals surface area contributed by atoms with Crippen LogP contribution in [0.4, 0.5) is 11.6 Å². The molecule has 0 aliphatic rings. The summed E-state index contributed by atoms with van der Waals surface area (Å²) in [4.78, 5) is 11.0. The molecule has 2 rings (SSSR count). The lowest BCUT2D eigenvalue weighted by atomic mass is 10.1. The SMILES string of the molecule is CCNc1cc(N(C)C(C)c2ccccc2Cl)nc(C)n1. The summed E-state index contributed by atoms with van der Waals surface area (Å²) in [5.41, 5.74) is 1.09. The Morgan fingerprint density at radius 1 is 1.29 bits per heavy atom. The van der Waals surface area contributed by atoms with E-state index < -0.39 is 0 Å². The summed E-state index contributed by atoms with van der Waals surface area (Å²) in [6, 6.07) is 9.99. The Morgan fingerprint density at radius 2 is 2.00 bits per heavy atom. The van der Waals surface area contributed by atoms with Gasteiger partial charge in [0.1, 0.15) is 17.5 Å². The molecule has 5 heteroatoms. The van der Waals surface area contributed by atoms with Crippen molar-refractivity contribution < 1.29 is 0 Å². The topological polar surface area (TPSA) is 41.0 Å². The van der Waals surface area contributed by atoms with Crippen LogP contribution < -0.4 is 10.2 Å². The van der Waals surface area contributed by atoms with Crippen LogP contribution in [0, 0.1) is 6.92 Å². The Kier molecular flexibility index (Phi) is 5.02. The first-order valence-electron chi connectivity index (χ1n) is 7.09. The molecule has 0 fully saturated rings. The summed E-state index contributed by atoms with van der Waals surface area (Å²) >= 11 is 6.29. The highest BCUT2D eigenvalue weighted by Crippen LogP contribution is 2.29. The van der Waals surface area contributed by atoms with Gasteiger partial charge in [0.05, 0.1) is 6.04 Å². The summed E-state index contributed by atoms with van der Waals surface area (Å²) < 4.78 is 0. The molecule has 1 unspecified atom stereocenters. The monoisotopic (exact) mass is 304 g/mol. The highest BCUT2D eigenvalue weighted by atomic mass is 35.5. The Labute approximate surface area is 131 Å². The molecule has 0 amide bonds. The fourth-order valence-electron chi connectivity index (χ4n) is 2.23. The number of hydrogen-bond acceptors (Lipinski definition) is 4. The minimum Gasteiger partial charge on any atom is -0.370 e. The molecule has 1 aromatic carbocycles. The second-order valence-corrected chi connectivity index (χ2v) is 5.40. The molecule has 21 heavy (non-hydrogen) atoms. The van der Waals surface area contributed by atoms with Gasteiger partial charge in [-0.2, -0.15) is 0 Å². The smallest absolute Gasteiger partial charge is 0.134 e. The largest absolute Gasteiger partial charge is 0.370 e. The number of anilines is 2. The molecule has 112 valence electrons. The molecule has 0 saturated carbocycles. The Hall–Kier alpha value is -1.81. The molecule has 0 aliphatic carbocycles. The van der Waals surface area contributed by atoms with Crippen LogP contribution in [0.25, 0.3) is 0 Å². The van der Waals surface area contributed by atoms with E-state index in [1.165, 1.54) is 0 Å². The average Bonchev–Trinajstić information content (AvgIpc) is 2.46. The van der Waals surface area contributed by atoms with Gasteiger partial charge in [0.2, 0.25) is 0 Å². The molecule has 0 radical (unpaired) electrons. The van der Waals surface area contributed by atoms with Crippen LogP contribution in [-0.2, 0) is 0 Å². The first-order valence-corrected chi connectivity index (χ1v) is 7.47. The van der Waals surface area contributed by atoms with Crippen molar-refractivity contribution in [2.45, 2.75) is 26.8 Å². The zero-order valence-corrected chi connectivity index (χ0v) is 13.6. The summed E-state index contributed by atoms with van der Waals surface area (Å²) in [5, 5.41) is 4.00. The molecule has 0 aliphatic heterocycles. The highest BCUT2D eigenvalue weighted by molar-refractivity contribution is 6.31. The van der Waals surface area contributed by atoms with Crippen LogP contribution in [0.15, 0.2) is 30.3 Å². The van der Waals surface area contributed by atoms with Crippen molar-refractivity contribution in [1.29, 1.82) is 0 Å². The van der Waals surface area contributed by atoms with E-state index in [9.17, 15) is 0 Å². The van der Waals surface area contributed by atoms with E-state index in [0.717, 1.165) is 34.6 Å². The van der Waals surface area contributed by atoms with Gasteiger partial charge in [-0.15, -0.1) is 0 Å². The maximum Gasteiger partial charge on any atom is 0.134 e. The number of aryl methyl sites for hydroxylation is 1. The lowest BCUT2D eigenvalue weighted by Crippen LogP contribution is -2.23. The van der Waals surface area contributed by atoms with Crippen molar-refractivity contribution >= 4 is 23.2 Å². The fraction of sp³-hybridized carbons (Fsp3) is 0.375. The van der Waals surface area contributed by atoms with Crippen LogP contribution >= 0.6 is 11.6 Å². The van der Waals surface area contributed by atoms with E-state index in [0.29, 0.717) is 0 Å². The minimum absolute atomic E-state index is 0.127. The van der Waals surface area contributed by atoms with Gasteiger partial charge in [-0.3, -0.25) is 0 Å². The maximum absolute atomic E-state index is 6.29. The number of aromatic nitrogens is 2. The number of benzene rings is 1. The number of rotatable bonds is 5. The fourth-order valence-corrected chi connectivity index (χ4v) is 2.52. The predicted molar refractivity (Wildman–Crippen MR) is 89.2 cm³/mol. The highest BCUT2D eigenvalue weighted by Gasteiger charge is 2.17. The lowest BCUT2D eigenvalue weighted by Gasteiger charge is -2.27. The third kappa shape index (κ3) is 3.64. The first kappa shape index (κ1) is 15.6. The normalized spacial score (nSPS) is 12.0. The molecule has 1 N–H and O–H groups in total. The third-order valence-corrected chi connectivity index (χ3v) is 3.82. The summed E-state index contributed by atoms with van der Waals surface area (Å²) in [6.07, 6.45) is 0. The first-order chi connectivity index (χ1) is 10.0. The standard InChI is InChI=1S/C16H21ClN4/c1-5-18-15-10-16(20-12(3)19-15)21(4)11(2)13-8-6-7-9-14(13)17/h6-11H,5H2,1-4H3,(H,18,19,20). The van der Waals surface area contributed by atoms with Crippen LogP contribution in [0.2, 0.25) is 5.02 Å². The van der Waals surface area contributed by atoms with Crippen LogP contribution in [0.3, 0.4) is 0 Å². The Bertz CT molecular complexity index is 615. The van der Waals surface area contributed by atoms with E-state index >= 15 is 0 Å². The van der Waals surface area contributed by atoms with Gasteiger partial charge < -0.3 is 10.2 Å². The van der Waals surface area contributed by atoms with E-state index in [4.69, 9.17) is 11.6 Å². The van der Waals surface area contributed by atoms with E-state index in [1.807, 2.05) is 51.2 Å². The molecular weight excluding hydrogens is 284 g/mol. The zero-order chi connectivity index (χ0) is 15.4. The van der Waals surface area contributed by atoms with Crippen LogP contribution in [0.1, 0.15) is 31.3 Å². The molecule has 1 atom stereocenters. The number of halogens is 1. The van der Waals surface area contributed by atoms with Gasteiger partial charge in [0, 0.05) is 24.7 Å². The number of nitrogens with one attached hydrogen (secondary N) is 1. The second-order valence-electron chi connectivity index (χ2n) is 5.00. The second kappa shape index (κ2) is 6.76. The summed E-state index contributed by atoms with van der Waals surface area (Å²) in [5.74, 6) is 2.48. The maximum atomic E-state index is 6.29. The van der Waals surface area contributed by atoms with Crippen molar-refractivity contribution in [2.75, 3.05) is 23.8 Å². The van der Waals surface area contributed by atoms with Gasteiger partial charge in [-0.25, -0.2) is 9.97 Å². The minimum atomic E-state index is 0.127. The zero-order valence-electron chi connectivity index (χ0n) is 12.9. The quantitative estimate of drug-likeness (QED) is 0.904. The third-order valence-electron chi connectivity index (χ3n) is 3.48. The number of hydrogen-bond donors (Lipinski definition) is 1. The Balaban J connectivity index is 2.31. The summed E-state index contributed by atoms with van der Waals surface area (Å²) in [6.45, 7) is 6.90. The van der Waals surface area contributed by atoms with E-state index in [1.54, 1.807) is 0 Å². The molecule has 1 aromatic heterocycles. The van der Waals surface area contributed by atoms with Crippen molar-refractivity contribution in [2.24, 2.45) is 0 Å². The van der Waals surface area contributed by atoms with Crippen LogP contribution in [-0.4, -0.2) is 23.6 Å². The van der Waals surface area contributed by atoms with Crippen molar-refractivity contribution in [3.05, 3.63) is 46.7 Å². The van der Waals surface area contributed by atoms with Gasteiger partial charge >= 0.3 is 0 Å². The van der Waals surface area contributed by atoms with Crippen molar-refractivity contribution in [1.82, 2.24) is 9.97 Å².